The summed E-state index contributed by atoms with van der Waals surface area (Å²) >= 11 is 0. The van der Waals surface area contributed by atoms with Crippen LogP contribution in [0.3, 0.4) is 0 Å². The maximum absolute atomic E-state index is 14.1. The molecule has 0 spiro atoms. The van der Waals surface area contributed by atoms with Crippen LogP contribution in [0.4, 0.5) is 0 Å². The number of ether oxygens (including phenoxy) is 1. The van der Waals surface area contributed by atoms with Gasteiger partial charge >= 0.3 is 5.97 Å². The van der Waals surface area contributed by atoms with Gasteiger partial charge in [0.15, 0.2) is 5.78 Å². The Morgan fingerprint density at radius 1 is 0.962 bits per heavy atom. The summed E-state index contributed by atoms with van der Waals surface area (Å²) in [4.78, 5) is 27.3. The van der Waals surface area contributed by atoms with Gasteiger partial charge in [0, 0.05) is 34.7 Å². The zero-order valence-electron chi connectivity index (χ0n) is 33.2. The summed E-state index contributed by atoms with van der Waals surface area (Å²) in [5.74, 6) is 2.76. The molecule has 5 aliphatic carbocycles. The molecule has 52 heavy (non-hydrogen) atoms. The number of allylic oxidation sites excluding steroid dienone is 3. The van der Waals surface area contributed by atoms with Crippen molar-refractivity contribution in [1.29, 1.82) is 0 Å². The van der Waals surface area contributed by atoms with E-state index in [-0.39, 0.29) is 57.2 Å². The number of Topliss-reactive ketones (excluding diaryl/α,β-unsaturated/α-hetero) is 1. The van der Waals surface area contributed by atoms with E-state index >= 15 is 0 Å². The number of nitrogens with zero attached hydrogens (tertiary/aromatic N) is 2. The van der Waals surface area contributed by atoms with Crippen LogP contribution in [0.2, 0.25) is 0 Å². The summed E-state index contributed by atoms with van der Waals surface area (Å²) in [5, 5.41) is 19.1. The smallest absolute Gasteiger partial charge is 0.307 e. The molecular weight excluding hydrogens is 649 g/mol. The molecule has 8 atom stereocenters. The third-order valence-corrected chi connectivity index (χ3v) is 16.1. The van der Waals surface area contributed by atoms with E-state index in [1.165, 1.54) is 5.57 Å². The molecule has 4 saturated carbocycles. The van der Waals surface area contributed by atoms with Crippen molar-refractivity contribution in [3.05, 3.63) is 59.7 Å². The highest BCUT2D eigenvalue weighted by molar-refractivity contribution is 6.00. The Morgan fingerprint density at radius 2 is 1.67 bits per heavy atom. The van der Waals surface area contributed by atoms with Crippen molar-refractivity contribution in [3.63, 3.8) is 0 Å². The number of aromatic nitrogens is 2. The fraction of sp³-hybridized carbons (Fsp3) is 0.689. The SMILES string of the molecule is C=C(O)C(C)(C)CC(=O)OC1CCC2(C)[C@H]3CCC4C5=C(C(C)C)C(=O)C[C@]5(Cc5nnc(-c6ccccc6)o5)CC[C@@]4(C)C3(C)CC[C@H]2C1(C)C. The Labute approximate surface area is 311 Å². The Hall–Kier alpha value is -3.22. The van der Waals surface area contributed by atoms with E-state index in [2.05, 4.69) is 65.2 Å². The molecule has 282 valence electrons. The number of fused-ring (bicyclic) bond motifs is 7. The van der Waals surface area contributed by atoms with Crippen LogP contribution in [0.1, 0.15) is 132 Å². The number of hydrogen-bond acceptors (Lipinski definition) is 7. The first-order valence-electron chi connectivity index (χ1n) is 20.0. The van der Waals surface area contributed by atoms with Crippen molar-refractivity contribution < 1.29 is 23.8 Å². The average Bonchev–Trinajstić information content (AvgIpc) is 3.64. The number of ketones is 1. The summed E-state index contributed by atoms with van der Waals surface area (Å²) in [7, 11) is 0. The normalized spacial score (nSPS) is 36.8. The van der Waals surface area contributed by atoms with E-state index < -0.39 is 5.41 Å². The molecule has 7 heteroatoms. The topological polar surface area (TPSA) is 103 Å². The number of hydrogen-bond donors (Lipinski definition) is 1. The maximum Gasteiger partial charge on any atom is 0.307 e. The minimum absolute atomic E-state index is 0.0145. The molecule has 1 aromatic heterocycles. The second kappa shape index (κ2) is 12.4. The molecule has 7 rings (SSSR count). The molecule has 0 amide bonds. The summed E-state index contributed by atoms with van der Waals surface area (Å²) in [6, 6.07) is 9.94. The molecule has 2 aromatic rings. The minimum Gasteiger partial charge on any atom is -0.512 e. The van der Waals surface area contributed by atoms with Gasteiger partial charge in [0.1, 0.15) is 6.10 Å². The Balaban J connectivity index is 1.18. The van der Waals surface area contributed by atoms with Gasteiger partial charge in [-0.15, -0.1) is 10.2 Å². The first kappa shape index (κ1) is 37.1. The van der Waals surface area contributed by atoms with Gasteiger partial charge in [-0.1, -0.05) is 92.7 Å². The molecule has 7 nitrogen and oxygen atoms in total. The van der Waals surface area contributed by atoms with Crippen molar-refractivity contribution in [2.24, 2.45) is 56.2 Å². The number of aliphatic hydroxyl groups is 1. The lowest BCUT2D eigenvalue weighted by atomic mass is 9.33. The first-order valence-corrected chi connectivity index (χ1v) is 20.0. The van der Waals surface area contributed by atoms with E-state index in [0.29, 0.717) is 48.2 Å². The third kappa shape index (κ3) is 5.48. The number of carbonyl (C=O) groups is 2. The second-order valence-corrected chi connectivity index (χ2v) is 19.9. The van der Waals surface area contributed by atoms with E-state index in [0.717, 1.165) is 62.5 Å². The predicted octanol–water partition coefficient (Wildman–Crippen LogP) is 10.7. The molecule has 0 bridgehead atoms. The second-order valence-electron chi connectivity index (χ2n) is 19.9. The largest absolute Gasteiger partial charge is 0.512 e. The quantitative estimate of drug-likeness (QED) is 0.215. The van der Waals surface area contributed by atoms with Crippen LogP contribution in [0, 0.1) is 56.2 Å². The number of rotatable bonds is 8. The molecule has 4 fully saturated rings. The van der Waals surface area contributed by atoms with Crippen molar-refractivity contribution >= 4 is 11.8 Å². The van der Waals surface area contributed by atoms with Gasteiger partial charge < -0.3 is 14.3 Å². The monoisotopic (exact) mass is 710 g/mol. The van der Waals surface area contributed by atoms with E-state index in [1.54, 1.807) is 0 Å². The predicted molar refractivity (Wildman–Crippen MR) is 203 cm³/mol. The zero-order chi connectivity index (χ0) is 37.6. The van der Waals surface area contributed by atoms with Crippen molar-refractivity contribution in [2.75, 3.05) is 0 Å². The van der Waals surface area contributed by atoms with Crippen LogP contribution in [0.5, 0.6) is 0 Å². The highest BCUT2D eigenvalue weighted by Crippen LogP contribution is 2.77. The molecule has 5 aliphatic rings. The lowest BCUT2D eigenvalue weighted by Crippen LogP contribution is -2.65. The first-order chi connectivity index (χ1) is 24.3. The van der Waals surface area contributed by atoms with Gasteiger partial charge in [-0.05, 0) is 109 Å². The molecule has 0 saturated heterocycles. The summed E-state index contributed by atoms with van der Waals surface area (Å²) in [5.41, 5.74) is 2.57. The highest BCUT2D eigenvalue weighted by Gasteiger charge is 2.70. The van der Waals surface area contributed by atoms with E-state index in [1.807, 2.05) is 44.2 Å². The van der Waals surface area contributed by atoms with Gasteiger partial charge in [-0.25, -0.2) is 0 Å². The Bertz CT molecular complexity index is 1790. The van der Waals surface area contributed by atoms with E-state index in [9.17, 15) is 14.7 Å². The summed E-state index contributed by atoms with van der Waals surface area (Å²) < 4.78 is 12.6. The number of benzene rings is 1. The van der Waals surface area contributed by atoms with Crippen LogP contribution in [0.25, 0.3) is 11.5 Å². The van der Waals surface area contributed by atoms with E-state index in [4.69, 9.17) is 9.15 Å². The van der Waals surface area contributed by atoms with Crippen LogP contribution in [0.15, 0.2) is 58.2 Å². The number of esters is 1. The fourth-order valence-corrected chi connectivity index (χ4v) is 13.1. The highest BCUT2D eigenvalue weighted by atomic mass is 16.5. The lowest BCUT2D eigenvalue weighted by Gasteiger charge is -2.72. The summed E-state index contributed by atoms with van der Waals surface area (Å²) in [6.45, 7) is 24.2. The number of aliphatic hydroxyl groups excluding tert-OH is 1. The van der Waals surface area contributed by atoms with Crippen LogP contribution < -0.4 is 0 Å². The van der Waals surface area contributed by atoms with Gasteiger partial charge in [0.05, 0.1) is 12.2 Å². The molecule has 1 N–H and O–H groups in total. The molecule has 4 unspecified atom stereocenters. The van der Waals surface area contributed by atoms with Gasteiger partial charge in [0.2, 0.25) is 11.8 Å². The Morgan fingerprint density at radius 3 is 2.35 bits per heavy atom. The summed E-state index contributed by atoms with van der Waals surface area (Å²) in [6.07, 6.45) is 9.57. The lowest BCUT2D eigenvalue weighted by molar-refractivity contribution is -0.233. The van der Waals surface area contributed by atoms with Crippen LogP contribution in [-0.2, 0) is 20.7 Å². The molecule has 0 aliphatic heterocycles. The zero-order valence-corrected chi connectivity index (χ0v) is 33.2. The van der Waals surface area contributed by atoms with Gasteiger partial charge in [-0.3, -0.25) is 9.59 Å². The maximum atomic E-state index is 14.1. The van der Waals surface area contributed by atoms with Crippen molar-refractivity contribution in [1.82, 2.24) is 10.2 Å². The standard InChI is InChI=1S/C45H62N2O5/c1-27(2)37-31(49)24-45(25-35-46-47-39(52-35)29-14-12-11-13-15-29)23-22-43(9)30(38(37)45)16-17-33-42(8)20-19-34(51-36(50)26-40(4,5)28(3)48)41(6,7)32(42)18-21-44(33,43)10/h11-15,27,30,32-34,48H,3,16-26H2,1-2,4-10H3/t30?,32-,33+,34?,42?,43+,44?,45-/m0/s1. The molecule has 1 heterocycles. The third-order valence-electron chi connectivity index (χ3n) is 16.1. The van der Waals surface area contributed by atoms with Crippen molar-refractivity contribution in [2.45, 2.75) is 139 Å². The number of carbonyl (C=O) groups excluding carboxylic acids is 2. The van der Waals surface area contributed by atoms with Crippen LogP contribution >= 0.6 is 0 Å². The van der Waals surface area contributed by atoms with Crippen molar-refractivity contribution in [3.8, 4) is 11.5 Å². The minimum atomic E-state index is -0.714. The molecule has 1 aromatic carbocycles. The fourth-order valence-electron chi connectivity index (χ4n) is 13.1. The molecular formula is C45H62N2O5. The Kier molecular flexibility index (Phi) is 8.86. The van der Waals surface area contributed by atoms with Crippen LogP contribution in [-0.4, -0.2) is 33.2 Å². The van der Waals surface area contributed by atoms with Gasteiger partial charge in [0.25, 0.3) is 0 Å². The molecule has 0 radical (unpaired) electrons. The van der Waals surface area contributed by atoms with Gasteiger partial charge in [-0.2, -0.15) is 0 Å². The average molecular weight is 711 g/mol.